The SMILES string of the molecule is CCC1(CC)CN(c2nc3ccccc3c(=O)[nH]2)CCS1=O. The quantitative estimate of drug-likeness (QED) is 0.940. The van der Waals surface area contributed by atoms with E-state index in [1.165, 1.54) is 0 Å². The summed E-state index contributed by atoms with van der Waals surface area (Å²) in [7, 11) is -0.825. The van der Waals surface area contributed by atoms with Crippen molar-refractivity contribution in [3.05, 3.63) is 34.6 Å². The maximum atomic E-state index is 12.4. The van der Waals surface area contributed by atoms with Crippen molar-refractivity contribution in [3.8, 4) is 0 Å². The van der Waals surface area contributed by atoms with Crippen LogP contribution in [0.25, 0.3) is 10.9 Å². The zero-order valence-electron chi connectivity index (χ0n) is 13.0. The van der Waals surface area contributed by atoms with Gasteiger partial charge >= 0.3 is 0 Å². The number of aromatic nitrogens is 2. The lowest BCUT2D eigenvalue weighted by atomic mass is 10.0. The molecule has 1 aromatic heterocycles. The van der Waals surface area contributed by atoms with Crippen LogP contribution in [-0.4, -0.2) is 37.8 Å². The van der Waals surface area contributed by atoms with Gasteiger partial charge in [-0.25, -0.2) is 4.98 Å². The molecule has 0 saturated carbocycles. The monoisotopic (exact) mass is 319 g/mol. The summed E-state index contributed by atoms with van der Waals surface area (Å²) in [6.45, 7) is 5.51. The highest BCUT2D eigenvalue weighted by Gasteiger charge is 2.39. The lowest BCUT2D eigenvalue weighted by molar-refractivity contribution is 0.492. The van der Waals surface area contributed by atoms with Crippen LogP contribution in [0.1, 0.15) is 26.7 Å². The van der Waals surface area contributed by atoms with Gasteiger partial charge in [0.2, 0.25) is 5.95 Å². The van der Waals surface area contributed by atoms with E-state index >= 15 is 0 Å². The second-order valence-corrected chi connectivity index (χ2v) is 7.73. The number of hydrogen-bond acceptors (Lipinski definition) is 4. The largest absolute Gasteiger partial charge is 0.340 e. The average Bonchev–Trinajstić information content (AvgIpc) is 2.55. The summed E-state index contributed by atoms with van der Waals surface area (Å²) < 4.78 is 12.2. The summed E-state index contributed by atoms with van der Waals surface area (Å²) >= 11 is 0. The van der Waals surface area contributed by atoms with Crippen molar-refractivity contribution in [2.45, 2.75) is 31.4 Å². The molecule has 0 aliphatic carbocycles. The number of H-pyrrole nitrogens is 1. The topological polar surface area (TPSA) is 66.1 Å². The van der Waals surface area contributed by atoms with Crippen LogP contribution in [0, 0.1) is 0 Å². The summed E-state index contributed by atoms with van der Waals surface area (Å²) in [5.41, 5.74) is 0.581. The molecule has 1 aromatic carbocycles. The molecular weight excluding hydrogens is 298 g/mol. The third kappa shape index (κ3) is 2.45. The van der Waals surface area contributed by atoms with Crippen molar-refractivity contribution in [2.24, 2.45) is 0 Å². The zero-order valence-corrected chi connectivity index (χ0v) is 13.8. The van der Waals surface area contributed by atoms with E-state index in [4.69, 9.17) is 0 Å². The summed E-state index contributed by atoms with van der Waals surface area (Å²) in [4.78, 5) is 21.8. The van der Waals surface area contributed by atoms with Gasteiger partial charge in [-0.2, -0.15) is 0 Å². The van der Waals surface area contributed by atoms with E-state index < -0.39 is 10.8 Å². The number of nitrogens with zero attached hydrogens (tertiary/aromatic N) is 2. The highest BCUT2D eigenvalue weighted by atomic mass is 32.2. The van der Waals surface area contributed by atoms with Gasteiger partial charge in [-0.3, -0.25) is 14.0 Å². The highest BCUT2D eigenvalue weighted by Crippen LogP contribution is 2.30. The van der Waals surface area contributed by atoms with Crippen LogP contribution in [-0.2, 0) is 10.8 Å². The molecule has 118 valence electrons. The number of hydrogen-bond donors (Lipinski definition) is 1. The number of fused-ring (bicyclic) bond motifs is 1. The fourth-order valence-corrected chi connectivity index (χ4v) is 4.87. The van der Waals surface area contributed by atoms with E-state index in [-0.39, 0.29) is 10.3 Å². The van der Waals surface area contributed by atoms with Crippen LogP contribution < -0.4 is 10.5 Å². The summed E-state index contributed by atoms with van der Waals surface area (Å²) in [6.07, 6.45) is 1.73. The van der Waals surface area contributed by atoms with Crippen LogP contribution in [0.3, 0.4) is 0 Å². The Hall–Kier alpha value is -1.69. The first-order valence-electron chi connectivity index (χ1n) is 7.72. The molecule has 1 N–H and O–H groups in total. The van der Waals surface area contributed by atoms with Gasteiger partial charge in [-0.15, -0.1) is 0 Å². The Kier molecular flexibility index (Phi) is 4.04. The fourth-order valence-electron chi connectivity index (χ4n) is 3.11. The van der Waals surface area contributed by atoms with Crippen LogP contribution in [0.4, 0.5) is 5.95 Å². The van der Waals surface area contributed by atoms with Crippen molar-refractivity contribution in [2.75, 3.05) is 23.7 Å². The molecule has 2 heterocycles. The molecule has 0 bridgehead atoms. The number of nitrogens with one attached hydrogen (secondary N) is 1. The lowest BCUT2D eigenvalue weighted by Crippen LogP contribution is -2.53. The molecule has 1 unspecified atom stereocenters. The molecule has 1 aliphatic heterocycles. The fraction of sp³-hybridized carbons (Fsp3) is 0.500. The van der Waals surface area contributed by atoms with Crippen molar-refractivity contribution < 1.29 is 4.21 Å². The van der Waals surface area contributed by atoms with Crippen LogP contribution in [0.5, 0.6) is 0 Å². The Morgan fingerprint density at radius 2 is 2.05 bits per heavy atom. The highest BCUT2D eigenvalue weighted by molar-refractivity contribution is 7.86. The van der Waals surface area contributed by atoms with Gasteiger partial charge in [0.1, 0.15) is 0 Å². The van der Waals surface area contributed by atoms with Gasteiger partial charge in [0.15, 0.2) is 0 Å². The van der Waals surface area contributed by atoms with Crippen LogP contribution >= 0.6 is 0 Å². The van der Waals surface area contributed by atoms with E-state index in [2.05, 4.69) is 28.7 Å². The van der Waals surface area contributed by atoms with Crippen LogP contribution in [0.15, 0.2) is 29.1 Å². The number of aromatic amines is 1. The van der Waals surface area contributed by atoms with Crippen molar-refractivity contribution in [1.82, 2.24) is 9.97 Å². The Morgan fingerprint density at radius 1 is 1.32 bits per heavy atom. The molecule has 0 amide bonds. The molecule has 1 fully saturated rings. The Bertz CT molecular complexity index is 767. The number of para-hydroxylation sites is 1. The molecule has 1 atom stereocenters. The maximum Gasteiger partial charge on any atom is 0.260 e. The van der Waals surface area contributed by atoms with Crippen molar-refractivity contribution in [3.63, 3.8) is 0 Å². The van der Waals surface area contributed by atoms with E-state index in [1.807, 2.05) is 18.2 Å². The summed E-state index contributed by atoms with van der Waals surface area (Å²) in [5.74, 6) is 1.21. The number of rotatable bonds is 3. The van der Waals surface area contributed by atoms with Gasteiger partial charge in [0.05, 0.1) is 15.6 Å². The van der Waals surface area contributed by atoms with Gasteiger partial charge < -0.3 is 4.90 Å². The molecule has 6 heteroatoms. The third-order valence-electron chi connectivity index (χ3n) is 4.70. The third-order valence-corrected chi connectivity index (χ3v) is 6.92. The smallest absolute Gasteiger partial charge is 0.260 e. The second kappa shape index (κ2) is 5.83. The van der Waals surface area contributed by atoms with Gasteiger partial charge in [-0.05, 0) is 25.0 Å². The summed E-state index contributed by atoms with van der Waals surface area (Å²) in [6, 6.07) is 7.34. The molecule has 1 aliphatic rings. The first kappa shape index (κ1) is 15.2. The predicted octanol–water partition coefficient (Wildman–Crippen LogP) is 2.05. The first-order chi connectivity index (χ1) is 10.6. The van der Waals surface area contributed by atoms with Gasteiger partial charge in [0, 0.05) is 29.6 Å². The van der Waals surface area contributed by atoms with E-state index in [0.717, 1.165) is 12.8 Å². The molecular formula is C16H21N3O2S. The Balaban J connectivity index is 2.01. The van der Waals surface area contributed by atoms with E-state index in [1.54, 1.807) is 6.07 Å². The molecule has 1 saturated heterocycles. The minimum Gasteiger partial charge on any atom is -0.340 e. The molecule has 0 radical (unpaired) electrons. The molecule has 3 rings (SSSR count). The Morgan fingerprint density at radius 3 is 2.77 bits per heavy atom. The van der Waals surface area contributed by atoms with Crippen LogP contribution in [0.2, 0.25) is 0 Å². The van der Waals surface area contributed by atoms with Gasteiger partial charge in [0.25, 0.3) is 5.56 Å². The zero-order chi connectivity index (χ0) is 15.7. The maximum absolute atomic E-state index is 12.4. The summed E-state index contributed by atoms with van der Waals surface area (Å²) in [5, 5.41) is 0.601. The number of benzene rings is 1. The minimum absolute atomic E-state index is 0.120. The molecule has 22 heavy (non-hydrogen) atoms. The lowest BCUT2D eigenvalue weighted by Gasteiger charge is -2.41. The first-order valence-corrected chi connectivity index (χ1v) is 9.04. The normalized spacial score (nSPS) is 21.2. The molecule has 0 spiro atoms. The van der Waals surface area contributed by atoms with Crippen molar-refractivity contribution in [1.29, 1.82) is 0 Å². The standard InChI is InChI=1S/C16H21N3O2S/c1-3-16(4-2)11-19(9-10-22(16)21)15-17-13-8-6-5-7-12(13)14(20)18-15/h5-8H,3-4,9-11H2,1-2H3,(H,17,18,20). The van der Waals surface area contributed by atoms with E-state index in [9.17, 15) is 9.00 Å². The Labute approximate surface area is 132 Å². The average molecular weight is 319 g/mol. The molecule has 2 aromatic rings. The molecule has 5 nitrogen and oxygen atoms in total. The number of anilines is 1. The minimum atomic E-state index is -0.825. The van der Waals surface area contributed by atoms with Gasteiger partial charge in [-0.1, -0.05) is 26.0 Å². The predicted molar refractivity (Wildman–Crippen MR) is 90.9 cm³/mol. The van der Waals surface area contributed by atoms with E-state index in [0.29, 0.717) is 35.7 Å². The van der Waals surface area contributed by atoms with Crippen molar-refractivity contribution >= 4 is 27.7 Å². The second-order valence-electron chi connectivity index (χ2n) is 5.77.